The highest BCUT2D eigenvalue weighted by Crippen LogP contribution is 2.63. The molecule has 2 aliphatic carbocycles. The third-order valence-corrected chi connectivity index (χ3v) is 8.40. The maximum atomic E-state index is 11.6. The number of aliphatic hydroxyl groups excluding tert-OH is 1. The largest absolute Gasteiger partial charge is 0.497 e. The number of aliphatic hydroxyl groups is 1. The molecule has 0 amide bonds. The minimum absolute atomic E-state index is 0.0814. The molecule has 0 saturated heterocycles. The zero-order valence-electron chi connectivity index (χ0n) is 20.6. The van der Waals surface area contributed by atoms with Crippen LogP contribution in [0.3, 0.4) is 0 Å². The topological polar surface area (TPSA) is 65.0 Å². The number of ether oxygens (including phenoxy) is 3. The molecule has 5 nitrogen and oxygen atoms in total. The molecular formula is C28H40O5. The van der Waals surface area contributed by atoms with Crippen LogP contribution in [0.5, 0.6) is 5.75 Å². The maximum Gasteiger partial charge on any atom is 0.302 e. The number of carbonyl (C=O) groups is 1. The van der Waals surface area contributed by atoms with Gasteiger partial charge in [0.1, 0.15) is 5.75 Å². The molecule has 1 N–H and O–H groups in total. The molecule has 3 rings (SSSR count). The van der Waals surface area contributed by atoms with Crippen molar-refractivity contribution in [3.63, 3.8) is 0 Å². The van der Waals surface area contributed by atoms with Crippen molar-refractivity contribution in [3.8, 4) is 5.75 Å². The van der Waals surface area contributed by atoms with E-state index in [-0.39, 0.29) is 29.3 Å². The third-order valence-electron chi connectivity index (χ3n) is 8.40. The Bertz CT molecular complexity index is 846. The molecule has 0 spiro atoms. The second-order valence-electron chi connectivity index (χ2n) is 10.2. The van der Waals surface area contributed by atoms with Crippen molar-refractivity contribution in [3.05, 3.63) is 54.6 Å². The fraction of sp³-hybridized carbons (Fsp3) is 0.607. The van der Waals surface area contributed by atoms with Crippen LogP contribution in [0, 0.1) is 22.7 Å². The molecule has 2 fully saturated rings. The predicted molar refractivity (Wildman–Crippen MR) is 130 cm³/mol. The molecule has 182 valence electrons. The Kier molecular flexibility index (Phi) is 8.07. The van der Waals surface area contributed by atoms with Crippen molar-refractivity contribution >= 4 is 5.97 Å². The lowest BCUT2D eigenvalue weighted by Crippen LogP contribution is -2.61. The number of methoxy groups -OCH3 is 1. The average Bonchev–Trinajstić information content (AvgIpc) is 2.78. The third kappa shape index (κ3) is 5.04. The average molecular weight is 457 g/mol. The standard InChI is InChI=1S/C28H40O5/c1-7-8-25(30)28(5)24-14-9-19(2)23(18-32-20(3)29)27(24,4)16-15-26(28)33-17-21-10-12-22(31-6)13-11-21/h7,10-13,23-26,30H,1-2,8-9,14-18H2,3-6H3/t23-,24+,25-,26-,27+,28+/m0/s1. The van der Waals surface area contributed by atoms with Gasteiger partial charge in [0, 0.05) is 18.3 Å². The van der Waals surface area contributed by atoms with Crippen LogP contribution in [0.25, 0.3) is 0 Å². The molecule has 2 aliphatic rings. The van der Waals surface area contributed by atoms with Crippen LogP contribution < -0.4 is 4.74 Å². The van der Waals surface area contributed by atoms with Gasteiger partial charge in [0.15, 0.2) is 0 Å². The van der Waals surface area contributed by atoms with Crippen LogP contribution in [0.2, 0.25) is 0 Å². The molecule has 0 aliphatic heterocycles. The van der Waals surface area contributed by atoms with Gasteiger partial charge in [0.05, 0.1) is 32.5 Å². The molecule has 0 unspecified atom stereocenters. The van der Waals surface area contributed by atoms with Crippen molar-refractivity contribution in [1.29, 1.82) is 0 Å². The first kappa shape index (κ1) is 25.5. The van der Waals surface area contributed by atoms with Crippen LogP contribution in [-0.4, -0.2) is 37.0 Å². The van der Waals surface area contributed by atoms with E-state index in [1.54, 1.807) is 13.2 Å². The monoisotopic (exact) mass is 456 g/mol. The summed E-state index contributed by atoms with van der Waals surface area (Å²) in [6.45, 7) is 15.0. The van der Waals surface area contributed by atoms with Crippen LogP contribution >= 0.6 is 0 Å². The van der Waals surface area contributed by atoms with Gasteiger partial charge in [0.25, 0.3) is 0 Å². The smallest absolute Gasteiger partial charge is 0.302 e. The van der Waals surface area contributed by atoms with Gasteiger partial charge in [-0.15, -0.1) is 6.58 Å². The lowest BCUT2D eigenvalue weighted by Gasteiger charge is -2.62. The highest BCUT2D eigenvalue weighted by Gasteiger charge is 2.60. The Labute approximate surface area is 198 Å². The number of carbonyl (C=O) groups excluding carboxylic acids is 1. The summed E-state index contributed by atoms with van der Waals surface area (Å²) in [7, 11) is 1.66. The Morgan fingerprint density at radius 1 is 1.27 bits per heavy atom. The molecule has 0 bridgehead atoms. The summed E-state index contributed by atoms with van der Waals surface area (Å²) in [5.74, 6) is 0.845. The zero-order valence-corrected chi connectivity index (χ0v) is 20.6. The Hall–Kier alpha value is -2.11. The summed E-state index contributed by atoms with van der Waals surface area (Å²) in [6.07, 6.45) is 5.23. The molecule has 33 heavy (non-hydrogen) atoms. The van der Waals surface area contributed by atoms with Crippen molar-refractivity contribution in [2.24, 2.45) is 22.7 Å². The van der Waals surface area contributed by atoms with Gasteiger partial charge in [-0.1, -0.05) is 44.2 Å². The number of rotatable bonds is 9. The van der Waals surface area contributed by atoms with Crippen LogP contribution in [-0.2, 0) is 20.9 Å². The molecule has 1 aromatic rings. The fourth-order valence-corrected chi connectivity index (χ4v) is 6.44. The van der Waals surface area contributed by atoms with Crippen molar-refractivity contribution in [2.45, 2.75) is 71.7 Å². The molecule has 6 atom stereocenters. The van der Waals surface area contributed by atoms with Crippen LogP contribution in [0.15, 0.2) is 49.1 Å². The zero-order chi connectivity index (χ0) is 24.2. The highest BCUT2D eigenvalue weighted by atomic mass is 16.5. The fourth-order valence-electron chi connectivity index (χ4n) is 6.44. The van der Waals surface area contributed by atoms with Gasteiger partial charge in [-0.05, 0) is 61.1 Å². The summed E-state index contributed by atoms with van der Waals surface area (Å²) >= 11 is 0. The molecule has 2 saturated carbocycles. The summed E-state index contributed by atoms with van der Waals surface area (Å²) in [6, 6.07) is 7.91. The summed E-state index contributed by atoms with van der Waals surface area (Å²) in [4.78, 5) is 11.6. The quantitative estimate of drug-likeness (QED) is 0.394. The molecule has 0 radical (unpaired) electrons. The van der Waals surface area contributed by atoms with Crippen LogP contribution in [0.1, 0.15) is 58.4 Å². The van der Waals surface area contributed by atoms with E-state index in [0.29, 0.717) is 19.6 Å². The van der Waals surface area contributed by atoms with Crippen LogP contribution in [0.4, 0.5) is 0 Å². The van der Waals surface area contributed by atoms with E-state index in [9.17, 15) is 9.90 Å². The first-order chi connectivity index (χ1) is 15.7. The minimum Gasteiger partial charge on any atom is -0.497 e. The van der Waals surface area contributed by atoms with Crippen molar-refractivity contribution in [2.75, 3.05) is 13.7 Å². The number of benzene rings is 1. The minimum atomic E-state index is -0.568. The predicted octanol–water partition coefficient (Wildman–Crippen LogP) is 5.47. The Morgan fingerprint density at radius 2 is 1.97 bits per heavy atom. The second-order valence-corrected chi connectivity index (χ2v) is 10.2. The van der Waals surface area contributed by atoms with Gasteiger partial charge < -0.3 is 19.3 Å². The Morgan fingerprint density at radius 3 is 2.58 bits per heavy atom. The van der Waals surface area contributed by atoms with Gasteiger partial charge in [-0.3, -0.25) is 4.79 Å². The number of hydrogen-bond acceptors (Lipinski definition) is 5. The van der Waals surface area contributed by atoms with E-state index in [2.05, 4.69) is 27.0 Å². The van der Waals surface area contributed by atoms with Crippen molar-refractivity contribution in [1.82, 2.24) is 0 Å². The molecule has 0 aromatic heterocycles. The van der Waals surface area contributed by atoms with E-state index in [4.69, 9.17) is 14.2 Å². The number of esters is 1. The molecular weight excluding hydrogens is 416 g/mol. The summed E-state index contributed by atoms with van der Waals surface area (Å²) < 4.78 is 17.3. The first-order valence-electron chi connectivity index (χ1n) is 12.0. The van der Waals surface area contributed by atoms with Crippen molar-refractivity contribution < 1.29 is 24.1 Å². The van der Waals surface area contributed by atoms with Gasteiger partial charge in [0.2, 0.25) is 0 Å². The molecule has 5 heteroatoms. The van der Waals surface area contributed by atoms with E-state index in [1.807, 2.05) is 24.3 Å². The summed E-state index contributed by atoms with van der Waals surface area (Å²) in [5, 5.41) is 11.4. The lowest BCUT2D eigenvalue weighted by atomic mass is 9.45. The Balaban J connectivity index is 1.88. The SMILES string of the molecule is C=CC[C@H](O)[C@]1(C)[C@@H](OCc2ccc(OC)cc2)CC[C@@]2(C)[C@H]1CCC(=C)[C@@H]2COC(C)=O. The van der Waals surface area contributed by atoms with E-state index >= 15 is 0 Å². The maximum absolute atomic E-state index is 11.6. The second kappa shape index (κ2) is 10.4. The van der Waals surface area contributed by atoms with Gasteiger partial charge >= 0.3 is 5.97 Å². The molecule has 0 heterocycles. The number of hydrogen-bond donors (Lipinski definition) is 1. The van der Waals surface area contributed by atoms with E-state index in [1.165, 1.54) is 6.92 Å². The van der Waals surface area contributed by atoms with Gasteiger partial charge in [-0.25, -0.2) is 0 Å². The number of fused-ring (bicyclic) bond motifs is 1. The molecule has 1 aromatic carbocycles. The summed E-state index contributed by atoms with van der Waals surface area (Å²) in [5.41, 5.74) is 1.65. The van der Waals surface area contributed by atoms with Gasteiger partial charge in [-0.2, -0.15) is 0 Å². The first-order valence-corrected chi connectivity index (χ1v) is 12.0. The van der Waals surface area contributed by atoms with E-state index in [0.717, 1.165) is 42.6 Å². The lowest BCUT2D eigenvalue weighted by molar-refractivity contribution is -0.204. The normalized spacial score (nSPS) is 32.5. The van der Waals surface area contributed by atoms with E-state index < -0.39 is 11.5 Å². The highest BCUT2D eigenvalue weighted by molar-refractivity contribution is 5.65.